The van der Waals surface area contributed by atoms with Crippen molar-refractivity contribution < 1.29 is 13.9 Å². The molecule has 1 N–H and O–H groups in total. The number of carbonyl (C=O) groups excluding carboxylic acids is 1. The maximum Gasteiger partial charge on any atom is 0.326 e. The molecule has 2 aromatic heterocycles. The molecule has 0 radical (unpaired) electrons. The van der Waals surface area contributed by atoms with Gasteiger partial charge in [-0.3, -0.25) is 14.2 Å². The highest BCUT2D eigenvalue weighted by Crippen LogP contribution is 2.31. The number of benzene rings is 2. The zero-order valence-corrected chi connectivity index (χ0v) is 20.5. The van der Waals surface area contributed by atoms with Gasteiger partial charge in [-0.25, -0.2) is 4.98 Å². The lowest BCUT2D eigenvalue weighted by molar-refractivity contribution is -0.155. The van der Waals surface area contributed by atoms with Gasteiger partial charge in [0.05, 0.1) is 6.20 Å². The van der Waals surface area contributed by atoms with Gasteiger partial charge in [-0.2, -0.15) is 0 Å². The molecular formula is C27H31N3O4. The molecular weight excluding hydrogens is 430 g/mol. The third kappa shape index (κ3) is 4.83. The molecule has 0 bridgehead atoms. The second-order valence-corrected chi connectivity index (χ2v) is 9.88. The molecule has 0 fully saturated rings. The van der Waals surface area contributed by atoms with E-state index in [-0.39, 0.29) is 24.1 Å². The van der Waals surface area contributed by atoms with Crippen molar-refractivity contribution in [3.05, 3.63) is 70.4 Å². The summed E-state index contributed by atoms with van der Waals surface area (Å²) in [5, 5.41) is 5.36. The third-order valence-electron chi connectivity index (χ3n) is 5.57. The van der Waals surface area contributed by atoms with Crippen molar-refractivity contribution in [2.24, 2.45) is 0 Å². The van der Waals surface area contributed by atoms with Crippen LogP contribution in [0.25, 0.3) is 21.9 Å². The summed E-state index contributed by atoms with van der Waals surface area (Å²) in [6.45, 7) is 11.1. The molecule has 0 spiro atoms. The number of esters is 1. The lowest BCUT2D eigenvalue weighted by atomic mass is 10.0. The molecule has 178 valence electrons. The molecule has 0 saturated carbocycles. The highest BCUT2D eigenvalue weighted by Gasteiger charge is 2.21. The summed E-state index contributed by atoms with van der Waals surface area (Å²) in [6, 6.07) is 13.8. The van der Waals surface area contributed by atoms with E-state index in [4.69, 9.17) is 9.15 Å². The predicted octanol–water partition coefficient (Wildman–Crippen LogP) is 5.78. The van der Waals surface area contributed by atoms with Crippen LogP contribution >= 0.6 is 0 Å². The van der Waals surface area contributed by atoms with Gasteiger partial charge in [-0.1, -0.05) is 38.1 Å². The van der Waals surface area contributed by atoms with Crippen LogP contribution in [-0.2, 0) is 16.1 Å². The maximum atomic E-state index is 13.3. The molecule has 0 amide bonds. The minimum absolute atomic E-state index is 0.0293. The van der Waals surface area contributed by atoms with E-state index in [0.717, 1.165) is 27.5 Å². The number of aromatic nitrogens is 2. The van der Waals surface area contributed by atoms with Crippen molar-refractivity contribution in [2.75, 3.05) is 5.32 Å². The van der Waals surface area contributed by atoms with Crippen molar-refractivity contribution in [2.45, 2.75) is 65.6 Å². The fraction of sp³-hybridized carbons (Fsp3) is 0.370. The summed E-state index contributed by atoms with van der Waals surface area (Å²) in [4.78, 5) is 30.3. The number of carbonyl (C=O) groups is 1. The Kier molecular flexibility index (Phi) is 6.21. The van der Waals surface area contributed by atoms with Crippen molar-refractivity contribution in [1.29, 1.82) is 0 Å². The Bertz CT molecular complexity index is 1410. The fourth-order valence-corrected chi connectivity index (χ4v) is 4.05. The van der Waals surface area contributed by atoms with E-state index in [2.05, 4.69) is 16.4 Å². The molecule has 2 aromatic carbocycles. The minimum atomic E-state index is -0.633. The summed E-state index contributed by atoms with van der Waals surface area (Å²) in [6.07, 6.45) is 1.55. The number of anilines is 1. The number of nitrogens with one attached hydrogen (secondary N) is 1. The number of furan rings is 1. The van der Waals surface area contributed by atoms with Gasteiger partial charge in [-0.05, 0) is 51.5 Å². The summed E-state index contributed by atoms with van der Waals surface area (Å²) >= 11 is 0. The van der Waals surface area contributed by atoms with E-state index in [1.165, 1.54) is 4.57 Å². The van der Waals surface area contributed by atoms with Gasteiger partial charge in [0.1, 0.15) is 34.8 Å². The number of hydrogen-bond donors (Lipinski definition) is 1. The normalized spacial score (nSPS) is 12.9. The first-order valence-corrected chi connectivity index (χ1v) is 11.5. The zero-order chi connectivity index (χ0) is 24.6. The Morgan fingerprint density at radius 1 is 1.09 bits per heavy atom. The first-order valence-electron chi connectivity index (χ1n) is 11.5. The maximum absolute atomic E-state index is 13.3. The topological polar surface area (TPSA) is 86.4 Å². The van der Waals surface area contributed by atoms with Crippen LogP contribution in [0.5, 0.6) is 0 Å². The second-order valence-electron chi connectivity index (χ2n) is 9.88. The Labute approximate surface area is 198 Å². The van der Waals surface area contributed by atoms with E-state index < -0.39 is 11.6 Å². The average molecular weight is 462 g/mol. The molecule has 0 aliphatic heterocycles. The molecule has 0 aliphatic rings. The van der Waals surface area contributed by atoms with Crippen LogP contribution < -0.4 is 10.9 Å². The van der Waals surface area contributed by atoms with Crippen LogP contribution in [0.2, 0.25) is 0 Å². The highest BCUT2D eigenvalue weighted by molar-refractivity contribution is 6.05. The molecule has 0 saturated heterocycles. The minimum Gasteiger partial charge on any atom is -0.459 e. The van der Waals surface area contributed by atoms with Crippen molar-refractivity contribution in [3.63, 3.8) is 0 Å². The zero-order valence-electron chi connectivity index (χ0n) is 20.5. The van der Waals surface area contributed by atoms with Gasteiger partial charge in [0.2, 0.25) is 0 Å². The fourth-order valence-electron chi connectivity index (χ4n) is 4.05. The SMILES string of the molecule is CC(C)c1ncc(N[C@H](C)c2ccc3oc4ccccc4c3c2)c(=O)n1CC(=O)OC(C)(C)C. The van der Waals surface area contributed by atoms with Gasteiger partial charge in [0.25, 0.3) is 5.56 Å². The van der Waals surface area contributed by atoms with Gasteiger partial charge in [-0.15, -0.1) is 0 Å². The number of hydrogen-bond acceptors (Lipinski definition) is 6. The number of fused-ring (bicyclic) bond motifs is 3. The summed E-state index contributed by atoms with van der Waals surface area (Å²) in [5.74, 6) is 0.0412. The van der Waals surface area contributed by atoms with Crippen LogP contribution in [0.3, 0.4) is 0 Å². The standard InChI is InChI=1S/C27H31N3O4/c1-16(2)25-28-14-21(26(32)30(25)15-24(31)34-27(4,5)6)29-17(3)18-11-12-23-20(13-18)19-9-7-8-10-22(19)33-23/h7-14,16-17,29H,15H2,1-6H3/t17-/m1/s1. The smallest absolute Gasteiger partial charge is 0.326 e. The summed E-state index contributed by atoms with van der Waals surface area (Å²) < 4.78 is 12.8. The van der Waals surface area contributed by atoms with Crippen LogP contribution in [0.1, 0.15) is 64.9 Å². The molecule has 2 heterocycles. The lowest BCUT2D eigenvalue weighted by Gasteiger charge is -2.22. The molecule has 0 unspecified atom stereocenters. The van der Waals surface area contributed by atoms with Gasteiger partial charge in [0.15, 0.2) is 0 Å². The van der Waals surface area contributed by atoms with E-state index in [0.29, 0.717) is 11.5 Å². The Morgan fingerprint density at radius 2 is 1.79 bits per heavy atom. The monoisotopic (exact) mass is 461 g/mol. The van der Waals surface area contributed by atoms with Crippen molar-refractivity contribution >= 4 is 33.6 Å². The quantitative estimate of drug-likeness (QED) is 0.366. The van der Waals surface area contributed by atoms with Crippen LogP contribution in [-0.4, -0.2) is 21.1 Å². The Balaban J connectivity index is 1.65. The van der Waals surface area contributed by atoms with Gasteiger partial charge >= 0.3 is 5.97 Å². The van der Waals surface area contributed by atoms with Crippen LogP contribution in [0, 0.1) is 0 Å². The molecule has 0 aliphatic carbocycles. The van der Waals surface area contributed by atoms with E-state index in [1.54, 1.807) is 27.0 Å². The van der Waals surface area contributed by atoms with Crippen LogP contribution in [0.4, 0.5) is 5.69 Å². The number of nitrogens with zero attached hydrogens (tertiary/aromatic N) is 2. The molecule has 7 heteroatoms. The van der Waals surface area contributed by atoms with Crippen LogP contribution in [0.15, 0.2) is 57.9 Å². The van der Waals surface area contributed by atoms with Gasteiger partial charge in [0, 0.05) is 22.7 Å². The molecule has 1 atom stereocenters. The van der Waals surface area contributed by atoms with Gasteiger partial charge < -0.3 is 14.5 Å². The second kappa shape index (κ2) is 8.97. The Morgan fingerprint density at radius 3 is 2.50 bits per heavy atom. The Hall–Kier alpha value is -3.61. The van der Waals surface area contributed by atoms with E-state index in [1.807, 2.05) is 57.2 Å². The lowest BCUT2D eigenvalue weighted by Crippen LogP contribution is -2.34. The molecule has 7 nitrogen and oxygen atoms in total. The average Bonchev–Trinajstić information content (AvgIpc) is 3.13. The number of ether oxygens (including phenoxy) is 1. The predicted molar refractivity (Wildman–Crippen MR) is 134 cm³/mol. The first-order chi connectivity index (χ1) is 16.0. The van der Waals surface area contributed by atoms with Crippen molar-refractivity contribution in [1.82, 2.24) is 9.55 Å². The molecule has 34 heavy (non-hydrogen) atoms. The largest absolute Gasteiger partial charge is 0.459 e. The first kappa shape index (κ1) is 23.5. The molecule has 4 aromatic rings. The summed E-state index contributed by atoms with van der Waals surface area (Å²) in [5.41, 5.74) is 2.06. The van der Waals surface area contributed by atoms with Crippen molar-refractivity contribution in [3.8, 4) is 0 Å². The number of para-hydroxylation sites is 1. The van der Waals surface area contributed by atoms with E-state index >= 15 is 0 Å². The van der Waals surface area contributed by atoms with E-state index in [9.17, 15) is 9.59 Å². The summed E-state index contributed by atoms with van der Waals surface area (Å²) in [7, 11) is 0. The number of rotatable bonds is 6. The third-order valence-corrected chi connectivity index (χ3v) is 5.57. The molecule has 4 rings (SSSR count). The highest BCUT2D eigenvalue weighted by atomic mass is 16.6.